The van der Waals surface area contributed by atoms with E-state index in [0.29, 0.717) is 24.0 Å². The van der Waals surface area contributed by atoms with E-state index in [9.17, 15) is 9.18 Å². The molecule has 0 unspecified atom stereocenters. The lowest BCUT2D eigenvalue weighted by Gasteiger charge is -2.34. The first kappa shape index (κ1) is 12.2. The van der Waals surface area contributed by atoms with Gasteiger partial charge in [0.05, 0.1) is 0 Å². The fraction of sp³-hybridized carbons (Fsp3) is 0.500. The predicted octanol–water partition coefficient (Wildman–Crippen LogP) is 2.78. The maximum absolute atomic E-state index is 14.8. The van der Waals surface area contributed by atoms with Crippen LogP contribution in [0.2, 0.25) is 0 Å². The largest absolute Gasteiger partial charge is 0.306 e. The topological polar surface area (TPSA) is 20.3 Å². The van der Waals surface area contributed by atoms with Crippen molar-refractivity contribution in [2.45, 2.75) is 25.4 Å². The van der Waals surface area contributed by atoms with Crippen molar-refractivity contribution >= 4 is 5.78 Å². The molecule has 0 aliphatic carbocycles. The van der Waals surface area contributed by atoms with E-state index in [1.165, 1.54) is 6.92 Å². The first-order chi connectivity index (χ1) is 8.01. The van der Waals surface area contributed by atoms with Crippen LogP contribution in [0.25, 0.3) is 0 Å². The van der Waals surface area contributed by atoms with Gasteiger partial charge in [0.2, 0.25) is 0 Å². The van der Waals surface area contributed by atoms with Gasteiger partial charge in [0.15, 0.2) is 5.78 Å². The molecule has 1 saturated heterocycles. The Labute approximate surface area is 101 Å². The number of halogens is 1. The highest BCUT2D eigenvalue weighted by molar-refractivity contribution is 5.94. The second-order valence-electron chi connectivity index (χ2n) is 4.91. The molecule has 2 nitrogen and oxygen atoms in total. The van der Waals surface area contributed by atoms with Crippen LogP contribution in [-0.2, 0) is 5.67 Å². The van der Waals surface area contributed by atoms with Gasteiger partial charge in [0.25, 0.3) is 0 Å². The summed E-state index contributed by atoms with van der Waals surface area (Å²) < 4.78 is 14.8. The summed E-state index contributed by atoms with van der Waals surface area (Å²) in [5, 5.41) is 0. The molecule has 1 aliphatic rings. The number of piperidine rings is 1. The Bertz CT molecular complexity index is 422. The molecule has 0 spiro atoms. The molecule has 0 atom stereocenters. The number of rotatable bonds is 2. The summed E-state index contributed by atoms with van der Waals surface area (Å²) in [5.41, 5.74) is -0.0189. The van der Waals surface area contributed by atoms with E-state index in [0.717, 1.165) is 13.1 Å². The molecule has 0 amide bonds. The van der Waals surface area contributed by atoms with Crippen molar-refractivity contribution in [3.05, 3.63) is 35.4 Å². The normalized spacial score (nSPS) is 20.2. The zero-order chi connectivity index (χ0) is 12.5. The van der Waals surface area contributed by atoms with Gasteiger partial charge in [0, 0.05) is 18.7 Å². The third kappa shape index (κ3) is 2.55. The lowest BCUT2D eigenvalue weighted by atomic mass is 9.85. The second kappa shape index (κ2) is 4.57. The van der Waals surface area contributed by atoms with Gasteiger partial charge in [-0.15, -0.1) is 0 Å². The number of alkyl halides is 1. The number of carbonyl (C=O) groups is 1. The van der Waals surface area contributed by atoms with Crippen molar-refractivity contribution in [2.24, 2.45) is 0 Å². The molecule has 0 radical (unpaired) electrons. The van der Waals surface area contributed by atoms with Gasteiger partial charge in [-0.3, -0.25) is 4.79 Å². The van der Waals surface area contributed by atoms with Gasteiger partial charge in [-0.25, -0.2) is 4.39 Å². The van der Waals surface area contributed by atoms with Crippen LogP contribution in [-0.4, -0.2) is 30.8 Å². The Morgan fingerprint density at radius 1 is 1.35 bits per heavy atom. The van der Waals surface area contributed by atoms with Crippen LogP contribution in [0.1, 0.15) is 35.7 Å². The third-order valence-electron chi connectivity index (χ3n) is 3.57. The number of ketones is 1. The van der Waals surface area contributed by atoms with Crippen LogP contribution in [0.5, 0.6) is 0 Å². The highest BCUT2D eigenvalue weighted by atomic mass is 19.1. The molecule has 3 heteroatoms. The maximum atomic E-state index is 14.8. The molecule has 1 aromatic carbocycles. The number of benzene rings is 1. The molecule has 1 aromatic rings. The minimum atomic E-state index is -1.27. The number of nitrogens with zero attached hydrogens (tertiary/aromatic N) is 1. The number of carbonyl (C=O) groups excluding carboxylic acids is 1. The van der Waals surface area contributed by atoms with Crippen molar-refractivity contribution in [2.75, 3.05) is 20.1 Å². The molecular formula is C14H18FNO. The van der Waals surface area contributed by atoms with Crippen molar-refractivity contribution in [3.8, 4) is 0 Å². The van der Waals surface area contributed by atoms with E-state index < -0.39 is 5.67 Å². The molecule has 1 fully saturated rings. The molecule has 1 heterocycles. The Hall–Kier alpha value is -1.22. The van der Waals surface area contributed by atoms with Gasteiger partial charge in [-0.2, -0.15) is 0 Å². The fourth-order valence-corrected chi connectivity index (χ4v) is 2.28. The standard InChI is InChI=1S/C14H18FNO/c1-11(17)12-4-3-5-13(10-12)14(15)6-8-16(2)9-7-14/h3-5,10H,6-9H2,1-2H3. The minimum Gasteiger partial charge on any atom is -0.306 e. The summed E-state index contributed by atoms with van der Waals surface area (Å²) in [6.07, 6.45) is 1.01. The average Bonchev–Trinajstić information content (AvgIpc) is 2.33. The Balaban J connectivity index is 2.27. The first-order valence-electron chi connectivity index (χ1n) is 6.00. The van der Waals surface area contributed by atoms with Crippen LogP contribution < -0.4 is 0 Å². The van der Waals surface area contributed by atoms with Crippen molar-refractivity contribution < 1.29 is 9.18 Å². The van der Waals surface area contributed by atoms with E-state index >= 15 is 0 Å². The zero-order valence-corrected chi connectivity index (χ0v) is 10.4. The number of Topliss-reactive ketones (excluding diaryl/α,β-unsaturated/α-hetero) is 1. The monoisotopic (exact) mass is 235 g/mol. The average molecular weight is 235 g/mol. The lowest BCUT2D eigenvalue weighted by Crippen LogP contribution is -2.38. The smallest absolute Gasteiger partial charge is 0.159 e. The zero-order valence-electron chi connectivity index (χ0n) is 10.4. The summed E-state index contributed by atoms with van der Waals surface area (Å²) in [6, 6.07) is 7.00. The van der Waals surface area contributed by atoms with E-state index in [1.807, 2.05) is 7.05 Å². The van der Waals surface area contributed by atoms with Crippen molar-refractivity contribution in [1.82, 2.24) is 4.90 Å². The summed E-state index contributed by atoms with van der Waals surface area (Å²) in [4.78, 5) is 13.4. The van der Waals surface area contributed by atoms with E-state index in [4.69, 9.17) is 0 Å². The first-order valence-corrected chi connectivity index (χ1v) is 6.00. The SMILES string of the molecule is CC(=O)c1cccc(C2(F)CCN(C)CC2)c1. The molecule has 0 saturated carbocycles. The summed E-state index contributed by atoms with van der Waals surface area (Å²) in [7, 11) is 2.01. The molecular weight excluding hydrogens is 217 g/mol. The summed E-state index contributed by atoms with van der Waals surface area (Å²) in [5.74, 6) is -0.0108. The molecule has 0 N–H and O–H groups in total. The highest BCUT2D eigenvalue weighted by Gasteiger charge is 2.35. The maximum Gasteiger partial charge on any atom is 0.159 e. The number of hydrogen-bond acceptors (Lipinski definition) is 2. The highest BCUT2D eigenvalue weighted by Crippen LogP contribution is 2.36. The molecule has 2 rings (SSSR count). The molecule has 1 aliphatic heterocycles. The van der Waals surface area contributed by atoms with Crippen LogP contribution in [0, 0.1) is 0 Å². The van der Waals surface area contributed by atoms with Crippen molar-refractivity contribution in [1.29, 1.82) is 0 Å². The second-order valence-corrected chi connectivity index (χ2v) is 4.91. The quantitative estimate of drug-likeness (QED) is 0.735. The van der Waals surface area contributed by atoms with Crippen LogP contribution in [0.3, 0.4) is 0 Å². The molecule has 0 aromatic heterocycles. The minimum absolute atomic E-state index is 0.0108. The fourth-order valence-electron chi connectivity index (χ4n) is 2.28. The predicted molar refractivity (Wildman–Crippen MR) is 66.0 cm³/mol. The van der Waals surface area contributed by atoms with Gasteiger partial charge >= 0.3 is 0 Å². The van der Waals surface area contributed by atoms with Gasteiger partial charge < -0.3 is 4.90 Å². The van der Waals surface area contributed by atoms with Crippen molar-refractivity contribution in [3.63, 3.8) is 0 Å². The van der Waals surface area contributed by atoms with Gasteiger partial charge in [0.1, 0.15) is 5.67 Å². The van der Waals surface area contributed by atoms with Crippen LogP contribution in [0.4, 0.5) is 4.39 Å². The number of likely N-dealkylation sites (tertiary alicyclic amines) is 1. The summed E-state index contributed by atoms with van der Waals surface area (Å²) >= 11 is 0. The Morgan fingerprint density at radius 3 is 2.59 bits per heavy atom. The Kier molecular flexibility index (Phi) is 3.29. The van der Waals surface area contributed by atoms with Crippen LogP contribution in [0.15, 0.2) is 24.3 Å². The van der Waals surface area contributed by atoms with E-state index in [2.05, 4.69) is 4.90 Å². The van der Waals surface area contributed by atoms with Crippen LogP contribution >= 0.6 is 0 Å². The molecule has 17 heavy (non-hydrogen) atoms. The van der Waals surface area contributed by atoms with E-state index in [1.54, 1.807) is 24.3 Å². The molecule has 92 valence electrons. The lowest BCUT2D eigenvalue weighted by molar-refractivity contribution is 0.0673. The Morgan fingerprint density at radius 2 is 2.00 bits per heavy atom. The number of hydrogen-bond donors (Lipinski definition) is 0. The van der Waals surface area contributed by atoms with E-state index in [-0.39, 0.29) is 5.78 Å². The van der Waals surface area contributed by atoms with Gasteiger partial charge in [-0.1, -0.05) is 18.2 Å². The summed E-state index contributed by atoms with van der Waals surface area (Å²) in [6.45, 7) is 3.04. The third-order valence-corrected chi connectivity index (χ3v) is 3.57. The van der Waals surface area contributed by atoms with Gasteiger partial charge in [-0.05, 0) is 38.4 Å². The molecule has 0 bridgehead atoms.